The number of hydrogen-bond acceptors (Lipinski definition) is 2. The monoisotopic (exact) mass is 393 g/mol. The molecule has 3 aliphatic carbocycles. The van der Waals surface area contributed by atoms with E-state index in [0.29, 0.717) is 5.95 Å². The van der Waals surface area contributed by atoms with Gasteiger partial charge in [-0.2, -0.15) is 0 Å². The molecule has 0 saturated heterocycles. The maximum absolute atomic E-state index is 13.8. The van der Waals surface area contributed by atoms with Gasteiger partial charge in [0, 0.05) is 18.9 Å². The SMILES string of the molecule is Cn1c(NC(=O)C2(C)CC3c4ccccc4C2c2ccccc23)nc2ccccc21. The Bertz CT molecular complexity index is 1270. The number of aryl methyl sites for hydroxylation is 1. The largest absolute Gasteiger partial charge is 0.313 e. The Balaban J connectivity index is 1.45. The van der Waals surface area contributed by atoms with E-state index in [-0.39, 0.29) is 17.7 Å². The van der Waals surface area contributed by atoms with Crippen LogP contribution in [0.2, 0.25) is 0 Å². The molecule has 0 radical (unpaired) electrons. The second kappa shape index (κ2) is 6.05. The molecule has 2 bridgehead atoms. The number of nitrogens with one attached hydrogen (secondary N) is 1. The summed E-state index contributed by atoms with van der Waals surface area (Å²) in [4.78, 5) is 18.4. The zero-order valence-electron chi connectivity index (χ0n) is 17.1. The Morgan fingerprint density at radius 1 is 0.933 bits per heavy atom. The summed E-state index contributed by atoms with van der Waals surface area (Å²) >= 11 is 0. The number of carbonyl (C=O) groups is 1. The number of anilines is 1. The topological polar surface area (TPSA) is 46.9 Å². The van der Waals surface area contributed by atoms with Gasteiger partial charge in [-0.15, -0.1) is 0 Å². The number of para-hydroxylation sites is 2. The molecule has 1 heterocycles. The van der Waals surface area contributed by atoms with E-state index in [0.717, 1.165) is 17.5 Å². The van der Waals surface area contributed by atoms with Crippen LogP contribution in [0.1, 0.15) is 47.4 Å². The number of amides is 1. The number of imidazole rings is 1. The minimum Gasteiger partial charge on any atom is -0.313 e. The highest BCUT2D eigenvalue weighted by atomic mass is 16.2. The van der Waals surface area contributed by atoms with E-state index in [1.165, 1.54) is 22.3 Å². The number of hydrogen-bond donors (Lipinski definition) is 1. The molecule has 4 heteroatoms. The van der Waals surface area contributed by atoms with Crippen LogP contribution in [0, 0.1) is 5.41 Å². The summed E-state index contributed by atoms with van der Waals surface area (Å²) in [5.41, 5.74) is 6.68. The number of carbonyl (C=O) groups excluding carboxylic acids is 1. The smallest absolute Gasteiger partial charge is 0.233 e. The van der Waals surface area contributed by atoms with E-state index in [1.54, 1.807) is 0 Å². The third-order valence-corrected chi connectivity index (χ3v) is 7.16. The van der Waals surface area contributed by atoms with Gasteiger partial charge in [0.05, 0.1) is 16.4 Å². The molecule has 4 aromatic rings. The minimum absolute atomic E-state index is 0.0416. The van der Waals surface area contributed by atoms with Gasteiger partial charge in [0.2, 0.25) is 11.9 Å². The predicted octanol–water partition coefficient (Wildman–Crippen LogP) is 5.20. The van der Waals surface area contributed by atoms with E-state index in [2.05, 4.69) is 65.8 Å². The minimum atomic E-state index is -0.536. The number of nitrogens with zero attached hydrogens (tertiary/aromatic N) is 2. The Morgan fingerprint density at radius 2 is 1.50 bits per heavy atom. The summed E-state index contributed by atoms with van der Waals surface area (Å²) in [7, 11) is 1.95. The summed E-state index contributed by atoms with van der Waals surface area (Å²) in [6.07, 6.45) is 0.807. The molecule has 0 aliphatic heterocycles. The Labute approximate surface area is 175 Å². The number of rotatable bonds is 2. The molecule has 0 saturated carbocycles. The second-order valence-electron chi connectivity index (χ2n) is 8.80. The Hall–Kier alpha value is -3.40. The highest BCUT2D eigenvalue weighted by molar-refractivity contribution is 5.97. The van der Waals surface area contributed by atoms with Crippen molar-refractivity contribution in [2.45, 2.75) is 25.2 Å². The highest BCUT2D eigenvalue weighted by Crippen LogP contribution is 2.61. The fourth-order valence-corrected chi connectivity index (χ4v) is 5.69. The van der Waals surface area contributed by atoms with Gasteiger partial charge < -0.3 is 4.57 Å². The van der Waals surface area contributed by atoms with Crippen molar-refractivity contribution in [3.63, 3.8) is 0 Å². The molecule has 1 amide bonds. The van der Waals surface area contributed by atoms with Crippen LogP contribution in [0.5, 0.6) is 0 Å². The molecule has 3 aliphatic rings. The number of fused-ring (bicyclic) bond motifs is 2. The standard InChI is InChI=1S/C26H23N3O/c1-26(24(30)28-25-27-21-13-7-8-14-22(21)29(25)2)15-20-16-9-3-5-11-18(16)23(26)19-12-6-4-10-17(19)20/h3-14,20,23H,15H2,1-2H3,(H,27,28,30). The maximum atomic E-state index is 13.8. The molecule has 1 atom stereocenters. The lowest BCUT2D eigenvalue weighted by Gasteiger charge is -2.50. The highest BCUT2D eigenvalue weighted by Gasteiger charge is 2.54. The molecular formula is C26H23N3O. The van der Waals surface area contributed by atoms with E-state index in [1.807, 2.05) is 35.9 Å². The molecule has 4 nitrogen and oxygen atoms in total. The lowest BCUT2D eigenvalue weighted by molar-refractivity contribution is -0.126. The first-order valence-corrected chi connectivity index (χ1v) is 10.5. The van der Waals surface area contributed by atoms with Crippen molar-refractivity contribution in [1.29, 1.82) is 0 Å². The molecule has 0 fully saturated rings. The summed E-state index contributed by atoms with van der Waals surface area (Å²) in [6.45, 7) is 2.12. The first-order valence-electron chi connectivity index (χ1n) is 10.5. The van der Waals surface area contributed by atoms with Crippen molar-refractivity contribution in [2.24, 2.45) is 12.5 Å². The van der Waals surface area contributed by atoms with Crippen LogP contribution >= 0.6 is 0 Å². The van der Waals surface area contributed by atoms with E-state index in [4.69, 9.17) is 0 Å². The van der Waals surface area contributed by atoms with Crippen molar-refractivity contribution in [3.05, 3.63) is 95.1 Å². The van der Waals surface area contributed by atoms with Crippen LogP contribution in [0.15, 0.2) is 72.8 Å². The second-order valence-corrected chi connectivity index (χ2v) is 8.80. The average Bonchev–Trinajstić information content (AvgIpc) is 3.09. The van der Waals surface area contributed by atoms with Crippen LogP contribution in [0.25, 0.3) is 11.0 Å². The van der Waals surface area contributed by atoms with Crippen LogP contribution in [-0.2, 0) is 11.8 Å². The fraction of sp³-hybridized carbons (Fsp3) is 0.231. The van der Waals surface area contributed by atoms with E-state index in [9.17, 15) is 4.79 Å². The molecule has 148 valence electrons. The Morgan fingerprint density at radius 3 is 2.13 bits per heavy atom. The third kappa shape index (κ3) is 2.22. The first kappa shape index (κ1) is 17.5. The predicted molar refractivity (Wildman–Crippen MR) is 119 cm³/mol. The normalized spacial score (nSPS) is 23.8. The molecule has 1 unspecified atom stereocenters. The van der Waals surface area contributed by atoms with Gasteiger partial charge >= 0.3 is 0 Å². The van der Waals surface area contributed by atoms with Gasteiger partial charge in [0.15, 0.2) is 0 Å². The van der Waals surface area contributed by atoms with Crippen molar-refractivity contribution in [1.82, 2.24) is 9.55 Å². The van der Waals surface area contributed by atoms with Crippen molar-refractivity contribution in [3.8, 4) is 0 Å². The van der Waals surface area contributed by atoms with Gasteiger partial charge in [-0.05, 0) is 47.7 Å². The van der Waals surface area contributed by atoms with Gasteiger partial charge in [0.1, 0.15) is 0 Å². The van der Waals surface area contributed by atoms with Gasteiger partial charge in [0.25, 0.3) is 0 Å². The number of aromatic nitrogens is 2. The molecule has 7 rings (SSSR count). The zero-order valence-corrected chi connectivity index (χ0v) is 17.1. The van der Waals surface area contributed by atoms with E-state index < -0.39 is 5.41 Å². The van der Waals surface area contributed by atoms with Gasteiger partial charge in [-0.25, -0.2) is 4.98 Å². The third-order valence-electron chi connectivity index (χ3n) is 7.16. The summed E-state index contributed by atoms with van der Waals surface area (Å²) in [5.74, 6) is 0.938. The molecular weight excluding hydrogens is 370 g/mol. The first-order chi connectivity index (χ1) is 14.6. The summed E-state index contributed by atoms with van der Waals surface area (Å²) in [5, 5.41) is 3.17. The number of benzene rings is 3. The molecule has 30 heavy (non-hydrogen) atoms. The van der Waals surface area contributed by atoms with Crippen molar-refractivity contribution in [2.75, 3.05) is 5.32 Å². The molecule has 1 N–H and O–H groups in total. The van der Waals surface area contributed by atoms with Crippen LogP contribution < -0.4 is 5.32 Å². The zero-order chi connectivity index (χ0) is 20.5. The van der Waals surface area contributed by atoms with E-state index >= 15 is 0 Å². The molecule has 1 aromatic heterocycles. The summed E-state index contributed by atoms with van der Waals surface area (Å²) in [6, 6.07) is 25.2. The van der Waals surface area contributed by atoms with Crippen molar-refractivity contribution >= 4 is 22.9 Å². The Kier molecular flexibility index (Phi) is 3.52. The van der Waals surface area contributed by atoms with Crippen LogP contribution in [0.4, 0.5) is 5.95 Å². The fourth-order valence-electron chi connectivity index (χ4n) is 5.69. The molecule has 0 spiro atoms. The lowest BCUT2D eigenvalue weighted by atomic mass is 9.52. The molecule has 3 aromatic carbocycles. The lowest BCUT2D eigenvalue weighted by Crippen LogP contribution is -2.47. The van der Waals surface area contributed by atoms with Gasteiger partial charge in [-0.3, -0.25) is 10.1 Å². The van der Waals surface area contributed by atoms with Gasteiger partial charge in [-0.1, -0.05) is 60.7 Å². The van der Waals surface area contributed by atoms with Crippen LogP contribution in [-0.4, -0.2) is 15.5 Å². The quantitative estimate of drug-likeness (QED) is 0.509. The maximum Gasteiger partial charge on any atom is 0.233 e. The van der Waals surface area contributed by atoms with Crippen molar-refractivity contribution < 1.29 is 4.79 Å². The summed E-state index contributed by atoms with van der Waals surface area (Å²) < 4.78 is 1.96. The van der Waals surface area contributed by atoms with Crippen LogP contribution in [0.3, 0.4) is 0 Å². The average molecular weight is 393 g/mol.